The van der Waals surface area contributed by atoms with E-state index in [1.165, 1.54) is 11.1 Å². The molecule has 19 heavy (non-hydrogen) atoms. The highest BCUT2D eigenvalue weighted by molar-refractivity contribution is 7.71. The largest absolute Gasteiger partial charge is 0.330 e. The van der Waals surface area contributed by atoms with Crippen LogP contribution in [0.5, 0.6) is 0 Å². The standard InChI is InChI=1S/C16H16N2S/c1-3-12-5-7-13(8-6-12)18-15-10-11(2)4-9-14(15)17-16(18)19/h4-10H,3H2,1-2H3,(H,17,19). The van der Waals surface area contributed by atoms with Gasteiger partial charge in [-0.1, -0.05) is 25.1 Å². The first-order chi connectivity index (χ1) is 9.19. The van der Waals surface area contributed by atoms with Crippen molar-refractivity contribution in [3.8, 4) is 5.69 Å². The van der Waals surface area contributed by atoms with Crippen LogP contribution in [0.25, 0.3) is 16.7 Å². The van der Waals surface area contributed by atoms with Crippen LogP contribution in [-0.2, 0) is 6.42 Å². The van der Waals surface area contributed by atoms with E-state index in [1.54, 1.807) is 0 Å². The molecule has 0 aliphatic carbocycles. The lowest BCUT2D eigenvalue weighted by Gasteiger charge is -2.06. The topological polar surface area (TPSA) is 20.7 Å². The van der Waals surface area contributed by atoms with E-state index >= 15 is 0 Å². The summed E-state index contributed by atoms with van der Waals surface area (Å²) in [5.74, 6) is 0. The van der Waals surface area contributed by atoms with Crippen molar-refractivity contribution in [1.82, 2.24) is 9.55 Å². The number of hydrogen-bond donors (Lipinski definition) is 1. The molecule has 0 bridgehead atoms. The van der Waals surface area contributed by atoms with Gasteiger partial charge in [-0.15, -0.1) is 0 Å². The molecule has 3 heteroatoms. The average molecular weight is 268 g/mol. The number of imidazole rings is 1. The number of H-pyrrole nitrogens is 1. The highest BCUT2D eigenvalue weighted by Crippen LogP contribution is 2.21. The van der Waals surface area contributed by atoms with Crippen molar-refractivity contribution < 1.29 is 0 Å². The zero-order valence-corrected chi connectivity index (χ0v) is 11.9. The van der Waals surface area contributed by atoms with Crippen molar-refractivity contribution in [3.63, 3.8) is 0 Å². The van der Waals surface area contributed by atoms with E-state index in [1.807, 2.05) is 0 Å². The van der Waals surface area contributed by atoms with E-state index < -0.39 is 0 Å². The van der Waals surface area contributed by atoms with Crippen LogP contribution < -0.4 is 0 Å². The summed E-state index contributed by atoms with van der Waals surface area (Å²) in [6.07, 6.45) is 1.05. The van der Waals surface area contributed by atoms with E-state index in [-0.39, 0.29) is 0 Å². The van der Waals surface area contributed by atoms with Crippen molar-refractivity contribution in [2.24, 2.45) is 0 Å². The quantitative estimate of drug-likeness (QED) is 0.676. The van der Waals surface area contributed by atoms with Crippen LogP contribution in [0.2, 0.25) is 0 Å². The fourth-order valence-electron chi connectivity index (χ4n) is 2.35. The van der Waals surface area contributed by atoms with E-state index in [0.717, 1.165) is 27.9 Å². The van der Waals surface area contributed by atoms with Gasteiger partial charge in [0.25, 0.3) is 0 Å². The molecule has 0 saturated heterocycles. The molecule has 0 aliphatic rings. The zero-order valence-electron chi connectivity index (χ0n) is 11.1. The predicted octanol–water partition coefficient (Wildman–Crippen LogP) is 4.56. The molecule has 3 rings (SSSR count). The van der Waals surface area contributed by atoms with Crippen molar-refractivity contribution in [1.29, 1.82) is 0 Å². The predicted molar refractivity (Wildman–Crippen MR) is 82.6 cm³/mol. The van der Waals surface area contributed by atoms with E-state index in [2.05, 4.69) is 65.9 Å². The molecule has 3 aromatic rings. The average Bonchev–Trinajstić information content (AvgIpc) is 2.74. The van der Waals surface area contributed by atoms with Gasteiger partial charge >= 0.3 is 0 Å². The van der Waals surface area contributed by atoms with Crippen LogP contribution in [0.3, 0.4) is 0 Å². The lowest BCUT2D eigenvalue weighted by Crippen LogP contribution is -1.94. The normalized spacial score (nSPS) is 11.1. The summed E-state index contributed by atoms with van der Waals surface area (Å²) in [7, 11) is 0. The van der Waals surface area contributed by atoms with Crippen molar-refractivity contribution >= 4 is 23.3 Å². The maximum absolute atomic E-state index is 5.45. The third kappa shape index (κ3) is 2.10. The molecule has 1 heterocycles. The van der Waals surface area contributed by atoms with Crippen LogP contribution in [0, 0.1) is 11.7 Å². The Labute approximate surface area is 117 Å². The van der Waals surface area contributed by atoms with Crippen molar-refractivity contribution in [2.75, 3.05) is 0 Å². The van der Waals surface area contributed by atoms with Crippen LogP contribution >= 0.6 is 12.2 Å². The first kappa shape index (κ1) is 12.2. The number of aromatic nitrogens is 2. The molecular weight excluding hydrogens is 252 g/mol. The van der Waals surface area contributed by atoms with Crippen molar-refractivity contribution in [2.45, 2.75) is 20.3 Å². The minimum absolute atomic E-state index is 0.741. The SMILES string of the molecule is CCc1ccc(-n2c(=S)[nH]c3ccc(C)cc32)cc1. The fourth-order valence-corrected chi connectivity index (χ4v) is 2.66. The number of rotatable bonds is 2. The Hall–Kier alpha value is -1.87. The number of fused-ring (bicyclic) bond motifs is 1. The van der Waals surface area contributed by atoms with Gasteiger partial charge in [0, 0.05) is 5.69 Å². The lowest BCUT2D eigenvalue weighted by molar-refractivity contribution is 1.05. The highest BCUT2D eigenvalue weighted by atomic mass is 32.1. The van der Waals surface area contributed by atoms with Gasteiger partial charge < -0.3 is 4.98 Å². The first-order valence-electron chi connectivity index (χ1n) is 6.50. The van der Waals surface area contributed by atoms with Gasteiger partial charge in [-0.2, -0.15) is 0 Å². The molecule has 0 radical (unpaired) electrons. The maximum atomic E-state index is 5.45. The molecule has 0 aliphatic heterocycles. The number of hydrogen-bond acceptors (Lipinski definition) is 1. The molecule has 0 amide bonds. The summed E-state index contributed by atoms with van der Waals surface area (Å²) in [6, 6.07) is 14.9. The summed E-state index contributed by atoms with van der Waals surface area (Å²) < 4.78 is 2.83. The Balaban J connectivity index is 2.25. The van der Waals surface area contributed by atoms with Crippen molar-refractivity contribution in [3.05, 3.63) is 58.4 Å². The number of aromatic amines is 1. The molecule has 0 unspecified atom stereocenters. The zero-order chi connectivity index (χ0) is 13.4. The van der Waals surface area contributed by atoms with E-state index in [0.29, 0.717) is 0 Å². The molecule has 0 spiro atoms. The summed E-state index contributed by atoms with van der Waals surface area (Å²) in [4.78, 5) is 3.26. The summed E-state index contributed by atoms with van der Waals surface area (Å²) in [5, 5.41) is 0. The number of benzene rings is 2. The van der Waals surface area contributed by atoms with E-state index in [9.17, 15) is 0 Å². The molecule has 0 saturated carbocycles. The van der Waals surface area contributed by atoms with Gasteiger partial charge in [-0.3, -0.25) is 4.57 Å². The Kier molecular flexibility index (Phi) is 2.99. The van der Waals surface area contributed by atoms with Crippen LogP contribution in [0.1, 0.15) is 18.1 Å². The monoisotopic (exact) mass is 268 g/mol. The summed E-state index contributed by atoms with van der Waals surface area (Å²) in [6.45, 7) is 4.26. The van der Waals surface area contributed by atoms with Crippen LogP contribution in [-0.4, -0.2) is 9.55 Å². The Morgan fingerprint density at radius 2 is 1.84 bits per heavy atom. The van der Waals surface area contributed by atoms with Crippen LogP contribution in [0.15, 0.2) is 42.5 Å². The Morgan fingerprint density at radius 3 is 2.53 bits per heavy atom. The molecular formula is C16H16N2S. The molecule has 0 atom stereocenters. The van der Waals surface area contributed by atoms with Gasteiger partial charge in [0.1, 0.15) is 0 Å². The molecule has 2 aromatic carbocycles. The second-order valence-corrected chi connectivity index (χ2v) is 5.19. The number of nitrogens with one attached hydrogen (secondary N) is 1. The minimum Gasteiger partial charge on any atom is -0.330 e. The molecule has 0 fully saturated rings. The minimum atomic E-state index is 0.741. The first-order valence-corrected chi connectivity index (χ1v) is 6.90. The number of nitrogens with zero attached hydrogens (tertiary/aromatic N) is 1. The van der Waals surface area contributed by atoms with Gasteiger partial charge in [0.15, 0.2) is 4.77 Å². The number of aryl methyl sites for hydroxylation is 2. The molecule has 1 aromatic heterocycles. The van der Waals surface area contributed by atoms with Gasteiger partial charge in [-0.25, -0.2) is 0 Å². The summed E-state index contributed by atoms with van der Waals surface area (Å²) in [5.41, 5.74) is 5.90. The Bertz CT molecular complexity index is 779. The third-order valence-corrected chi connectivity index (χ3v) is 3.73. The summed E-state index contributed by atoms with van der Waals surface area (Å²) >= 11 is 5.45. The maximum Gasteiger partial charge on any atom is 0.182 e. The Morgan fingerprint density at radius 1 is 1.11 bits per heavy atom. The van der Waals surface area contributed by atoms with E-state index in [4.69, 9.17) is 12.2 Å². The highest BCUT2D eigenvalue weighted by Gasteiger charge is 2.06. The van der Waals surface area contributed by atoms with Gasteiger partial charge in [0.05, 0.1) is 11.0 Å². The smallest absolute Gasteiger partial charge is 0.182 e. The van der Waals surface area contributed by atoms with Crippen LogP contribution in [0.4, 0.5) is 0 Å². The fraction of sp³-hybridized carbons (Fsp3) is 0.188. The lowest BCUT2D eigenvalue weighted by atomic mass is 10.1. The van der Waals surface area contributed by atoms with Gasteiger partial charge in [-0.05, 0) is 61.0 Å². The van der Waals surface area contributed by atoms with Gasteiger partial charge in [0.2, 0.25) is 0 Å². The molecule has 1 N–H and O–H groups in total. The molecule has 2 nitrogen and oxygen atoms in total. The second kappa shape index (κ2) is 4.67. The molecule has 96 valence electrons. The second-order valence-electron chi connectivity index (χ2n) is 4.81. The third-order valence-electron chi connectivity index (χ3n) is 3.44.